The lowest BCUT2D eigenvalue weighted by Crippen LogP contribution is -2.39. The summed E-state index contributed by atoms with van der Waals surface area (Å²) in [6.07, 6.45) is 4.80. The number of piperidine rings is 1. The van der Waals surface area contributed by atoms with Crippen LogP contribution in [0.1, 0.15) is 32.6 Å². The molecule has 1 aliphatic heterocycles. The molecule has 1 fully saturated rings. The number of likely N-dealkylation sites (N-methyl/N-ethyl adjacent to an activating group) is 1. The maximum Gasteiger partial charge on any atom is 0.317 e. The van der Waals surface area contributed by atoms with Crippen LogP contribution in [0.5, 0.6) is 0 Å². The first kappa shape index (κ1) is 16.2. The van der Waals surface area contributed by atoms with Crippen molar-refractivity contribution in [1.29, 1.82) is 0 Å². The number of amides is 2. The number of hydrogen-bond acceptors (Lipinski definition) is 3. The smallest absolute Gasteiger partial charge is 0.317 e. The summed E-state index contributed by atoms with van der Waals surface area (Å²) in [4.78, 5) is 15.6. The Morgan fingerprint density at radius 3 is 2.68 bits per heavy atom. The molecule has 19 heavy (non-hydrogen) atoms. The lowest BCUT2D eigenvalue weighted by molar-refractivity contribution is 0.185. The van der Waals surface area contributed by atoms with Crippen molar-refractivity contribution in [2.75, 3.05) is 46.4 Å². The molecule has 0 aromatic heterocycles. The number of rotatable bonds is 7. The lowest BCUT2D eigenvalue weighted by Gasteiger charge is -2.30. The van der Waals surface area contributed by atoms with E-state index in [4.69, 9.17) is 5.11 Å². The molecule has 112 valence electrons. The zero-order valence-corrected chi connectivity index (χ0v) is 12.4. The van der Waals surface area contributed by atoms with Crippen LogP contribution in [0.4, 0.5) is 4.79 Å². The molecule has 0 atom stereocenters. The van der Waals surface area contributed by atoms with Gasteiger partial charge in [0.25, 0.3) is 0 Å². The van der Waals surface area contributed by atoms with Gasteiger partial charge in [0.05, 0.1) is 6.61 Å². The van der Waals surface area contributed by atoms with E-state index in [9.17, 15) is 4.79 Å². The number of carbonyl (C=O) groups excluding carboxylic acids is 1. The minimum atomic E-state index is -0.0964. The molecule has 5 nitrogen and oxygen atoms in total. The number of carbonyl (C=O) groups is 1. The molecule has 0 radical (unpaired) electrons. The van der Waals surface area contributed by atoms with Crippen LogP contribution in [0.2, 0.25) is 0 Å². The molecule has 2 N–H and O–H groups in total. The summed E-state index contributed by atoms with van der Waals surface area (Å²) in [5.41, 5.74) is 0. The topological polar surface area (TPSA) is 55.8 Å². The number of nitrogens with one attached hydrogen (secondary N) is 1. The number of urea groups is 1. The minimum Gasteiger partial charge on any atom is -0.395 e. The molecule has 0 aromatic rings. The van der Waals surface area contributed by atoms with Crippen molar-refractivity contribution in [1.82, 2.24) is 15.1 Å². The van der Waals surface area contributed by atoms with Crippen molar-refractivity contribution in [2.45, 2.75) is 32.6 Å². The molecule has 0 bridgehead atoms. The Hall–Kier alpha value is -0.810. The molecular formula is C14H29N3O2. The molecule has 0 saturated carbocycles. The summed E-state index contributed by atoms with van der Waals surface area (Å²) in [6.45, 7) is 7.05. The van der Waals surface area contributed by atoms with Gasteiger partial charge in [0.15, 0.2) is 0 Å². The van der Waals surface area contributed by atoms with E-state index in [2.05, 4.69) is 17.1 Å². The summed E-state index contributed by atoms with van der Waals surface area (Å²) >= 11 is 0. The predicted octanol–water partition coefficient (Wildman–Crippen LogP) is 1.13. The Bertz CT molecular complexity index is 253. The van der Waals surface area contributed by atoms with E-state index in [1.807, 2.05) is 0 Å². The molecule has 1 saturated heterocycles. The SMILES string of the molecule is CC1CCN(CCCCNC(=O)N(C)CCO)CC1. The van der Waals surface area contributed by atoms with Crippen LogP contribution in [-0.2, 0) is 0 Å². The van der Waals surface area contributed by atoms with Gasteiger partial charge in [0, 0.05) is 20.1 Å². The van der Waals surface area contributed by atoms with Crippen molar-refractivity contribution < 1.29 is 9.90 Å². The van der Waals surface area contributed by atoms with Crippen molar-refractivity contribution in [2.24, 2.45) is 5.92 Å². The summed E-state index contributed by atoms with van der Waals surface area (Å²) in [6, 6.07) is -0.0964. The molecule has 1 aliphatic rings. The second-order valence-corrected chi connectivity index (χ2v) is 5.61. The molecule has 5 heteroatoms. The normalized spacial score (nSPS) is 17.4. The average Bonchev–Trinajstić information content (AvgIpc) is 2.40. The Labute approximate surface area is 117 Å². The van der Waals surface area contributed by atoms with Gasteiger partial charge in [-0.2, -0.15) is 0 Å². The van der Waals surface area contributed by atoms with Gasteiger partial charge < -0.3 is 20.2 Å². The highest BCUT2D eigenvalue weighted by molar-refractivity contribution is 5.73. The molecule has 0 spiro atoms. The predicted molar refractivity (Wildman–Crippen MR) is 77.2 cm³/mol. The largest absolute Gasteiger partial charge is 0.395 e. The van der Waals surface area contributed by atoms with E-state index in [0.717, 1.165) is 31.8 Å². The van der Waals surface area contributed by atoms with Crippen LogP contribution in [0, 0.1) is 5.92 Å². The molecule has 2 amide bonds. The van der Waals surface area contributed by atoms with Gasteiger partial charge in [-0.15, -0.1) is 0 Å². The first-order valence-corrected chi connectivity index (χ1v) is 7.45. The van der Waals surface area contributed by atoms with Gasteiger partial charge in [0.2, 0.25) is 0 Å². The van der Waals surface area contributed by atoms with Gasteiger partial charge in [0.1, 0.15) is 0 Å². The lowest BCUT2D eigenvalue weighted by atomic mass is 9.99. The van der Waals surface area contributed by atoms with E-state index in [1.165, 1.54) is 30.8 Å². The maximum atomic E-state index is 11.5. The van der Waals surface area contributed by atoms with Crippen LogP contribution in [0.25, 0.3) is 0 Å². The zero-order chi connectivity index (χ0) is 14.1. The van der Waals surface area contributed by atoms with Gasteiger partial charge in [-0.3, -0.25) is 0 Å². The van der Waals surface area contributed by atoms with Crippen LogP contribution >= 0.6 is 0 Å². The fourth-order valence-corrected chi connectivity index (χ4v) is 2.33. The summed E-state index contributed by atoms with van der Waals surface area (Å²) in [5.74, 6) is 0.887. The second kappa shape index (κ2) is 9.15. The molecule has 0 unspecified atom stereocenters. The highest BCUT2D eigenvalue weighted by Crippen LogP contribution is 2.15. The maximum absolute atomic E-state index is 11.5. The highest BCUT2D eigenvalue weighted by Gasteiger charge is 2.14. The Balaban J connectivity index is 1.97. The van der Waals surface area contributed by atoms with Crippen LogP contribution < -0.4 is 5.32 Å². The number of hydrogen-bond donors (Lipinski definition) is 2. The van der Waals surface area contributed by atoms with Gasteiger partial charge in [-0.05, 0) is 51.2 Å². The van der Waals surface area contributed by atoms with Crippen molar-refractivity contribution in [3.8, 4) is 0 Å². The van der Waals surface area contributed by atoms with Crippen LogP contribution in [0.15, 0.2) is 0 Å². The van der Waals surface area contributed by atoms with Gasteiger partial charge in [-0.25, -0.2) is 4.79 Å². The fraction of sp³-hybridized carbons (Fsp3) is 0.929. The quantitative estimate of drug-likeness (QED) is 0.683. The first-order valence-electron chi connectivity index (χ1n) is 7.45. The standard InChI is InChI=1S/C14H29N3O2/c1-13-5-9-17(10-6-13)8-4-3-7-15-14(19)16(2)11-12-18/h13,18H,3-12H2,1-2H3,(H,15,19). The minimum absolute atomic E-state index is 0.0112. The Morgan fingerprint density at radius 1 is 1.37 bits per heavy atom. The third-order valence-corrected chi connectivity index (χ3v) is 3.84. The number of aliphatic hydroxyl groups excluding tert-OH is 1. The van der Waals surface area contributed by atoms with E-state index in [1.54, 1.807) is 7.05 Å². The van der Waals surface area contributed by atoms with Crippen molar-refractivity contribution in [3.63, 3.8) is 0 Å². The van der Waals surface area contributed by atoms with E-state index < -0.39 is 0 Å². The van der Waals surface area contributed by atoms with Gasteiger partial charge >= 0.3 is 6.03 Å². The average molecular weight is 271 g/mol. The summed E-state index contributed by atoms with van der Waals surface area (Å²) in [7, 11) is 1.69. The Kier molecular flexibility index (Phi) is 7.82. The first-order chi connectivity index (χ1) is 9.13. The third-order valence-electron chi connectivity index (χ3n) is 3.84. The molecule has 1 rings (SSSR count). The third kappa shape index (κ3) is 6.78. The molecular weight excluding hydrogens is 242 g/mol. The summed E-state index contributed by atoms with van der Waals surface area (Å²) < 4.78 is 0. The molecule has 1 heterocycles. The van der Waals surface area contributed by atoms with E-state index >= 15 is 0 Å². The zero-order valence-electron chi connectivity index (χ0n) is 12.4. The second-order valence-electron chi connectivity index (χ2n) is 5.61. The number of nitrogens with zero attached hydrogens (tertiary/aromatic N) is 2. The number of unbranched alkanes of at least 4 members (excludes halogenated alkanes) is 1. The highest BCUT2D eigenvalue weighted by atomic mass is 16.3. The van der Waals surface area contributed by atoms with Crippen LogP contribution in [0.3, 0.4) is 0 Å². The number of likely N-dealkylation sites (tertiary alicyclic amines) is 1. The van der Waals surface area contributed by atoms with E-state index in [0.29, 0.717) is 6.54 Å². The Morgan fingerprint density at radius 2 is 2.05 bits per heavy atom. The molecule has 0 aliphatic carbocycles. The molecule has 0 aromatic carbocycles. The van der Waals surface area contributed by atoms with Crippen LogP contribution in [-0.4, -0.2) is 67.3 Å². The monoisotopic (exact) mass is 271 g/mol. The van der Waals surface area contributed by atoms with E-state index in [-0.39, 0.29) is 12.6 Å². The van der Waals surface area contributed by atoms with Gasteiger partial charge in [-0.1, -0.05) is 6.92 Å². The fourth-order valence-electron chi connectivity index (χ4n) is 2.33. The summed E-state index contributed by atoms with van der Waals surface area (Å²) in [5, 5.41) is 11.6. The number of aliphatic hydroxyl groups is 1. The van der Waals surface area contributed by atoms with Crippen molar-refractivity contribution >= 4 is 6.03 Å². The van der Waals surface area contributed by atoms with Crippen molar-refractivity contribution in [3.05, 3.63) is 0 Å².